The zero-order valence-corrected chi connectivity index (χ0v) is 16.1. The number of morpholine rings is 1. The standard InChI is InChI=1S/C21H28N4O2/c1-23-19-8-12-25(20(26)9-10-24-13-15-27-16-14-24)11-7-18(19)21(22-23)17-5-3-2-4-6-17/h2-6H,7-16H2,1H3. The molecule has 0 bridgehead atoms. The van der Waals surface area contributed by atoms with E-state index in [0.29, 0.717) is 6.42 Å². The summed E-state index contributed by atoms with van der Waals surface area (Å²) < 4.78 is 7.38. The molecule has 0 unspecified atom stereocenters. The van der Waals surface area contributed by atoms with Gasteiger partial charge in [0.15, 0.2) is 0 Å². The van der Waals surface area contributed by atoms with E-state index in [0.717, 1.165) is 70.0 Å². The fourth-order valence-corrected chi connectivity index (χ4v) is 4.09. The minimum absolute atomic E-state index is 0.267. The number of carbonyl (C=O) groups excluding carboxylic acids is 1. The lowest BCUT2D eigenvalue weighted by atomic mass is 10.0. The van der Waals surface area contributed by atoms with Crippen LogP contribution >= 0.6 is 0 Å². The minimum Gasteiger partial charge on any atom is -0.379 e. The van der Waals surface area contributed by atoms with Crippen molar-refractivity contribution in [3.05, 3.63) is 41.6 Å². The van der Waals surface area contributed by atoms with Crippen molar-refractivity contribution in [2.24, 2.45) is 7.05 Å². The van der Waals surface area contributed by atoms with Gasteiger partial charge in [-0.3, -0.25) is 14.4 Å². The predicted molar refractivity (Wildman–Crippen MR) is 105 cm³/mol. The molecule has 0 atom stereocenters. The number of fused-ring (bicyclic) bond motifs is 1. The third kappa shape index (κ3) is 4.06. The number of ether oxygens (including phenoxy) is 1. The lowest BCUT2D eigenvalue weighted by Gasteiger charge is -2.27. The molecule has 1 fully saturated rings. The van der Waals surface area contributed by atoms with Gasteiger partial charge in [-0.25, -0.2) is 0 Å². The second-order valence-electron chi connectivity index (χ2n) is 7.35. The van der Waals surface area contributed by atoms with Crippen LogP contribution in [0.25, 0.3) is 11.3 Å². The Labute approximate surface area is 160 Å². The normalized spacial score (nSPS) is 18.2. The zero-order valence-electron chi connectivity index (χ0n) is 16.1. The Bertz CT molecular complexity index is 781. The number of carbonyl (C=O) groups is 1. The van der Waals surface area contributed by atoms with E-state index in [4.69, 9.17) is 9.84 Å². The molecular weight excluding hydrogens is 340 g/mol. The second-order valence-corrected chi connectivity index (χ2v) is 7.35. The summed E-state index contributed by atoms with van der Waals surface area (Å²) >= 11 is 0. The molecule has 2 aromatic rings. The minimum atomic E-state index is 0.267. The summed E-state index contributed by atoms with van der Waals surface area (Å²) in [5.74, 6) is 0.267. The lowest BCUT2D eigenvalue weighted by molar-refractivity contribution is -0.131. The molecule has 2 aliphatic rings. The van der Waals surface area contributed by atoms with Crippen LogP contribution in [0.4, 0.5) is 0 Å². The van der Waals surface area contributed by atoms with Crippen molar-refractivity contribution in [2.45, 2.75) is 19.3 Å². The van der Waals surface area contributed by atoms with E-state index < -0.39 is 0 Å². The van der Waals surface area contributed by atoms with Crippen LogP contribution < -0.4 is 0 Å². The van der Waals surface area contributed by atoms with Crippen molar-refractivity contribution in [3.8, 4) is 11.3 Å². The molecule has 144 valence electrons. The summed E-state index contributed by atoms with van der Waals surface area (Å²) in [6.07, 6.45) is 2.34. The first kappa shape index (κ1) is 18.2. The van der Waals surface area contributed by atoms with Gasteiger partial charge < -0.3 is 9.64 Å². The summed E-state index contributed by atoms with van der Waals surface area (Å²) in [6.45, 7) is 5.83. The lowest BCUT2D eigenvalue weighted by Crippen LogP contribution is -2.40. The number of aryl methyl sites for hydroxylation is 1. The highest BCUT2D eigenvalue weighted by atomic mass is 16.5. The van der Waals surface area contributed by atoms with Crippen molar-refractivity contribution in [2.75, 3.05) is 45.9 Å². The van der Waals surface area contributed by atoms with E-state index in [1.54, 1.807) is 0 Å². The Hall–Kier alpha value is -2.18. The zero-order chi connectivity index (χ0) is 18.6. The van der Waals surface area contributed by atoms with E-state index in [1.165, 1.54) is 11.3 Å². The smallest absolute Gasteiger partial charge is 0.223 e. The van der Waals surface area contributed by atoms with Crippen LogP contribution in [0.2, 0.25) is 0 Å². The molecule has 2 aliphatic heterocycles. The maximum Gasteiger partial charge on any atom is 0.223 e. The molecule has 0 spiro atoms. The Morgan fingerprint density at radius 2 is 1.81 bits per heavy atom. The van der Waals surface area contributed by atoms with Gasteiger partial charge in [0.2, 0.25) is 5.91 Å². The Morgan fingerprint density at radius 1 is 1.07 bits per heavy atom. The predicted octanol–water partition coefficient (Wildman–Crippen LogP) is 1.74. The number of amides is 1. The molecule has 0 saturated carbocycles. The maximum atomic E-state index is 12.8. The number of nitrogens with zero attached hydrogens (tertiary/aromatic N) is 4. The third-order valence-electron chi connectivity index (χ3n) is 5.67. The van der Waals surface area contributed by atoms with Crippen molar-refractivity contribution in [3.63, 3.8) is 0 Å². The van der Waals surface area contributed by atoms with Crippen molar-refractivity contribution in [1.82, 2.24) is 19.6 Å². The summed E-state index contributed by atoms with van der Waals surface area (Å²) in [4.78, 5) is 17.1. The molecule has 3 heterocycles. The summed E-state index contributed by atoms with van der Waals surface area (Å²) in [5.41, 5.74) is 4.78. The Balaban J connectivity index is 1.41. The molecule has 6 heteroatoms. The van der Waals surface area contributed by atoms with Gasteiger partial charge in [-0.1, -0.05) is 30.3 Å². The van der Waals surface area contributed by atoms with Gasteiger partial charge in [-0.15, -0.1) is 0 Å². The van der Waals surface area contributed by atoms with Gasteiger partial charge >= 0.3 is 0 Å². The molecular formula is C21H28N4O2. The Kier molecular flexibility index (Phi) is 5.55. The van der Waals surface area contributed by atoms with E-state index in [2.05, 4.69) is 29.2 Å². The molecule has 1 amide bonds. The van der Waals surface area contributed by atoms with E-state index in [1.807, 2.05) is 22.7 Å². The van der Waals surface area contributed by atoms with E-state index in [9.17, 15) is 4.79 Å². The first-order valence-electron chi connectivity index (χ1n) is 9.90. The molecule has 4 rings (SSSR count). The van der Waals surface area contributed by atoms with E-state index >= 15 is 0 Å². The van der Waals surface area contributed by atoms with Gasteiger partial charge in [0.05, 0.1) is 18.9 Å². The highest BCUT2D eigenvalue weighted by Gasteiger charge is 2.24. The molecule has 0 N–H and O–H groups in total. The summed E-state index contributed by atoms with van der Waals surface area (Å²) in [5, 5.41) is 4.77. The SMILES string of the molecule is Cn1nc(-c2ccccc2)c2c1CCN(C(=O)CCN1CCOCC1)CC2. The monoisotopic (exact) mass is 368 g/mol. The molecule has 1 aromatic heterocycles. The highest BCUT2D eigenvalue weighted by Crippen LogP contribution is 2.28. The van der Waals surface area contributed by atoms with Crippen molar-refractivity contribution in [1.29, 1.82) is 0 Å². The number of rotatable bonds is 4. The molecule has 0 radical (unpaired) electrons. The van der Waals surface area contributed by atoms with Crippen molar-refractivity contribution < 1.29 is 9.53 Å². The molecule has 6 nitrogen and oxygen atoms in total. The fraction of sp³-hybridized carbons (Fsp3) is 0.524. The third-order valence-corrected chi connectivity index (χ3v) is 5.67. The molecule has 27 heavy (non-hydrogen) atoms. The topological polar surface area (TPSA) is 50.6 Å². The Morgan fingerprint density at radius 3 is 2.59 bits per heavy atom. The largest absolute Gasteiger partial charge is 0.379 e. The second kappa shape index (κ2) is 8.23. The molecule has 1 saturated heterocycles. The quantitative estimate of drug-likeness (QED) is 0.825. The van der Waals surface area contributed by atoms with Crippen LogP contribution in [-0.2, 0) is 29.4 Å². The van der Waals surface area contributed by atoms with Gasteiger partial charge in [-0.2, -0.15) is 5.10 Å². The maximum absolute atomic E-state index is 12.8. The molecule has 0 aliphatic carbocycles. The van der Waals surface area contributed by atoms with Crippen molar-refractivity contribution >= 4 is 5.91 Å². The average Bonchev–Trinajstić information content (AvgIpc) is 2.89. The van der Waals surface area contributed by atoms with Crippen LogP contribution in [0.1, 0.15) is 17.7 Å². The van der Waals surface area contributed by atoms with Gasteiger partial charge in [-0.05, 0) is 6.42 Å². The van der Waals surface area contributed by atoms with Crippen LogP contribution in [0.3, 0.4) is 0 Å². The number of hydrogen-bond donors (Lipinski definition) is 0. The number of benzene rings is 1. The van der Waals surface area contributed by atoms with Gasteiger partial charge in [0, 0.05) is 69.4 Å². The average molecular weight is 368 g/mol. The van der Waals surface area contributed by atoms with Crippen LogP contribution in [0, 0.1) is 0 Å². The fourth-order valence-electron chi connectivity index (χ4n) is 4.09. The molecule has 1 aromatic carbocycles. The highest BCUT2D eigenvalue weighted by molar-refractivity contribution is 5.76. The summed E-state index contributed by atoms with van der Waals surface area (Å²) in [6, 6.07) is 10.3. The van der Waals surface area contributed by atoms with Gasteiger partial charge in [0.25, 0.3) is 0 Å². The van der Waals surface area contributed by atoms with Crippen LogP contribution in [-0.4, -0.2) is 71.4 Å². The first-order chi connectivity index (χ1) is 13.2. The first-order valence-corrected chi connectivity index (χ1v) is 9.90. The van der Waals surface area contributed by atoms with E-state index in [-0.39, 0.29) is 5.91 Å². The number of hydrogen-bond acceptors (Lipinski definition) is 4. The van der Waals surface area contributed by atoms with Crippen LogP contribution in [0.15, 0.2) is 30.3 Å². The number of aromatic nitrogens is 2. The van der Waals surface area contributed by atoms with Crippen LogP contribution in [0.5, 0.6) is 0 Å². The summed E-state index contributed by atoms with van der Waals surface area (Å²) in [7, 11) is 2.02. The van der Waals surface area contributed by atoms with Gasteiger partial charge in [0.1, 0.15) is 0 Å².